The Morgan fingerprint density at radius 3 is 2.52 bits per heavy atom. The van der Waals surface area contributed by atoms with Crippen LogP contribution in [-0.2, 0) is 4.74 Å². The average molecular weight is 393 g/mol. The molecule has 0 saturated carbocycles. The van der Waals surface area contributed by atoms with Gasteiger partial charge in [0.25, 0.3) is 0 Å². The van der Waals surface area contributed by atoms with Gasteiger partial charge in [0.15, 0.2) is 0 Å². The summed E-state index contributed by atoms with van der Waals surface area (Å²) >= 11 is 0. The van der Waals surface area contributed by atoms with Crippen LogP contribution in [0.2, 0.25) is 0 Å². The van der Waals surface area contributed by atoms with E-state index in [0.717, 1.165) is 54.4 Å². The third-order valence-electron chi connectivity index (χ3n) is 5.53. The predicted molar refractivity (Wildman–Crippen MR) is 116 cm³/mol. The number of ether oxygens (including phenoxy) is 1. The standard InChI is InChI=1S/C21H27N7O/c1-13-17(11-25-21(26-13)29-2)18-12-24-20(28-9-7-16(23)8-10-28)27-19(18)14-3-5-15(22)6-4-14/h3-6,11-13,16-17H,7-10,22-23H2,1-2H3. The van der Waals surface area contributed by atoms with Crippen LogP contribution in [0.25, 0.3) is 11.3 Å². The fourth-order valence-electron chi connectivity index (χ4n) is 3.75. The molecular formula is C21H27N7O. The van der Waals surface area contributed by atoms with Crippen molar-refractivity contribution in [3.63, 3.8) is 0 Å². The minimum absolute atomic E-state index is 0.0302. The zero-order valence-electron chi connectivity index (χ0n) is 16.8. The number of nitrogens with two attached hydrogens (primary N) is 2. The van der Waals surface area contributed by atoms with Crippen molar-refractivity contribution in [1.82, 2.24) is 9.97 Å². The molecule has 1 aromatic carbocycles. The van der Waals surface area contributed by atoms with Gasteiger partial charge in [0, 0.05) is 54.3 Å². The number of aromatic nitrogens is 2. The Morgan fingerprint density at radius 2 is 1.86 bits per heavy atom. The van der Waals surface area contributed by atoms with Crippen molar-refractivity contribution < 1.29 is 4.74 Å². The summed E-state index contributed by atoms with van der Waals surface area (Å²) in [6, 6.07) is 8.38. The Kier molecular flexibility index (Phi) is 5.44. The average Bonchev–Trinajstić information content (AvgIpc) is 2.74. The van der Waals surface area contributed by atoms with Crippen LogP contribution in [0.1, 0.15) is 31.2 Å². The number of hydrogen-bond acceptors (Lipinski definition) is 8. The molecule has 8 heteroatoms. The zero-order valence-corrected chi connectivity index (χ0v) is 16.8. The van der Waals surface area contributed by atoms with Crippen LogP contribution in [0, 0.1) is 0 Å². The lowest BCUT2D eigenvalue weighted by atomic mass is 9.90. The summed E-state index contributed by atoms with van der Waals surface area (Å²) in [4.78, 5) is 20.7. The lowest BCUT2D eigenvalue weighted by molar-refractivity contribution is 0.388. The van der Waals surface area contributed by atoms with Crippen LogP contribution in [0.15, 0.2) is 40.4 Å². The number of piperidine rings is 1. The van der Waals surface area contributed by atoms with Crippen LogP contribution in [0.5, 0.6) is 0 Å². The number of nitrogen functional groups attached to an aromatic ring is 1. The first kappa shape index (κ1) is 19.3. The molecule has 2 aliphatic heterocycles. The highest BCUT2D eigenvalue weighted by atomic mass is 16.5. The maximum Gasteiger partial charge on any atom is 0.311 e. The maximum absolute atomic E-state index is 6.05. The van der Waals surface area contributed by atoms with E-state index in [0.29, 0.717) is 6.02 Å². The summed E-state index contributed by atoms with van der Waals surface area (Å²) in [6.07, 6.45) is 5.67. The molecule has 0 spiro atoms. The van der Waals surface area contributed by atoms with E-state index >= 15 is 0 Å². The van der Waals surface area contributed by atoms with Gasteiger partial charge in [0.1, 0.15) is 0 Å². The Hall–Kier alpha value is -3.00. The van der Waals surface area contributed by atoms with E-state index in [-0.39, 0.29) is 18.0 Å². The summed E-state index contributed by atoms with van der Waals surface area (Å²) in [5, 5.41) is 0. The van der Waals surface area contributed by atoms with E-state index in [1.54, 1.807) is 7.11 Å². The number of methoxy groups -OCH3 is 1. The van der Waals surface area contributed by atoms with E-state index in [1.165, 1.54) is 0 Å². The molecule has 2 aliphatic rings. The van der Waals surface area contributed by atoms with Gasteiger partial charge in [-0.2, -0.15) is 0 Å². The third-order valence-corrected chi connectivity index (χ3v) is 5.53. The normalized spacial score (nSPS) is 22.4. The SMILES string of the molecule is COC1=NC(C)C(c2cnc(N3CCC(N)CC3)nc2-c2ccc(N)cc2)C=N1. The topological polar surface area (TPSA) is 115 Å². The highest BCUT2D eigenvalue weighted by Crippen LogP contribution is 2.33. The van der Waals surface area contributed by atoms with Crippen molar-refractivity contribution in [2.75, 3.05) is 30.8 Å². The molecule has 2 unspecified atom stereocenters. The number of anilines is 2. The lowest BCUT2D eigenvalue weighted by Gasteiger charge is -2.31. The fourth-order valence-corrected chi connectivity index (χ4v) is 3.75. The van der Waals surface area contributed by atoms with Gasteiger partial charge in [-0.3, -0.25) is 0 Å². The molecule has 3 heterocycles. The first-order valence-electron chi connectivity index (χ1n) is 9.94. The van der Waals surface area contributed by atoms with Crippen molar-refractivity contribution in [1.29, 1.82) is 0 Å². The number of hydrogen-bond donors (Lipinski definition) is 2. The van der Waals surface area contributed by atoms with E-state index in [1.807, 2.05) is 43.6 Å². The Morgan fingerprint density at radius 1 is 1.14 bits per heavy atom. The molecular weight excluding hydrogens is 366 g/mol. The second-order valence-corrected chi connectivity index (χ2v) is 7.58. The highest BCUT2D eigenvalue weighted by molar-refractivity contribution is 5.89. The largest absolute Gasteiger partial charge is 0.467 e. The molecule has 0 bridgehead atoms. The summed E-state index contributed by atoms with van der Waals surface area (Å²) < 4.78 is 5.17. The molecule has 4 rings (SSSR count). The zero-order chi connectivity index (χ0) is 20.4. The minimum atomic E-state index is -0.0368. The quantitative estimate of drug-likeness (QED) is 0.773. The molecule has 1 fully saturated rings. The second kappa shape index (κ2) is 8.16. The summed E-state index contributed by atoms with van der Waals surface area (Å²) in [7, 11) is 1.57. The maximum atomic E-state index is 6.05. The molecule has 0 radical (unpaired) electrons. The lowest BCUT2D eigenvalue weighted by Crippen LogP contribution is -2.40. The Balaban J connectivity index is 1.74. The van der Waals surface area contributed by atoms with Gasteiger partial charge < -0.3 is 21.1 Å². The molecule has 0 aliphatic carbocycles. The molecule has 29 heavy (non-hydrogen) atoms. The molecule has 2 aromatic rings. The van der Waals surface area contributed by atoms with Crippen molar-refractivity contribution >= 4 is 23.9 Å². The minimum Gasteiger partial charge on any atom is -0.467 e. The first-order chi connectivity index (χ1) is 14.0. The van der Waals surface area contributed by atoms with Gasteiger partial charge in [0.05, 0.1) is 18.8 Å². The summed E-state index contributed by atoms with van der Waals surface area (Å²) in [5.74, 6) is 0.694. The van der Waals surface area contributed by atoms with Crippen LogP contribution >= 0.6 is 0 Å². The van der Waals surface area contributed by atoms with E-state index in [9.17, 15) is 0 Å². The molecule has 8 nitrogen and oxygen atoms in total. The van der Waals surface area contributed by atoms with E-state index < -0.39 is 0 Å². The summed E-state index contributed by atoms with van der Waals surface area (Å²) in [5.41, 5.74) is 15.5. The van der Waals surface area contributed by atoms with E-state index in [2.05, 4.69) is 19.9 Å². The predicted octanol–water partition coefficient (Wildman–Crippen LogP) is 2.21. The molecule has 152 valence electrons. The van der Waals surface area contributed by atoms with Crippen LogP contribution < -0.4 is 16.4 Å². The van der Waals surface area contributed by atoms with Crippen molar-refractivity contribution in [2.24, 2.45) is 15.7 Å². The second-order valence-electron chi connectivity index (χ2n) is 7.58. The van der Waals surface area contributed by atoms with Crippen molar-refractivity contribution in [3.8, 4) is 11.3 Å². The number of aliphatic imine (C=N–C) groups is 2. The highest BCUT2D eigenvalue weighted by Gasteiger charge is 2.27. The van der Waals surface area contributed by atoms with Gasteiger partial charge in [-0.1, -0.05) is 12.1 Å². The molecule has 0 amide bonds. The molecule has 1 aromatic heterocycles. The van der Waals surface area contributed by atoms with Gasteiger partial charge >= 0.3 is 6.02 Å². The van der Waals surface area contributed by atoms with Gasteiger partial charge in [-0.05, 0) is 31.9 Å². The van der Waals surface area contributed by atoms with Gasteiger partial charge in [0.2, 0.25) is 5.95 Å². The number of nitrogens with zero attached hydrogens (tertiary/aromatic N) is 5. The first-order valence-corrected chi connectivity index (χ1v) is 9.94. The molecule has 4 N–H and O–H groups in total. The van der Waals surface area contributed by atoms with Gasteiger partial charge in [-0.25, -0.2) is 20.0 Å². The number of amidine groups is 1. The monoisotopic (exact) mass is 393 g/mol. The van der Waals surface area contributed by atoms with Crippen molar-refractivity contribution in [2.45, 2.75) is 37.8 Å². The Labute approximate surface area is 170 Å². The van der Waals surface area contributed by atoms with E-state index in [4.69, 9.17) is 21.2 Å². The Bertz CT molecular complexity index is 917. The van der Waals surface area contributed by atoms with Crippen LogP contribution in [-0.4, -0.2) is 54.5 Å². The third kappa shape index (κ3) is 4.07. The van der Waals surface area contributed by atoms with Crippen LogP contribution in [0.4, 0.5) is 11.6 Å². The number of rotatable bonds is 3. The summed E-state index contributed by atoms with van der Waals surface area (Å²) in [6.45, 7) is 3.77. The van der Waals surface area contributed by atoms with Crippen LogP contribution in [0.3, 0.4) is 0 Å². The van der Waals surface area contributed by atoms with Crippen molar-refractivity contribution in [3.05, 3.63) is 36.0 Å². The fraction of sp³-hybridized carbons (Fsp3) is 0.429. The number of benzene rings is 1. The smallest absolute Gasteiger partial charge is 0.311 e. The molecule has 1 saturated heterocycles. The molecule has 2 atom stereocenters. The van der Waals surface area contributed by atoms with Gasteiger partial charge in [-0.15, -0.1) is 0 Å².